The Bertz CT molecular complexity index is 909. The van der Waals surface area contributed by atoms with Gasteiger partial charge in [-0.2, -0.15) is 4.98 Å². The van der Waals surface area contributed by atoms with E-state index in [4.69, 9.17) is 27.7 Å². The van der Waals surface area contributed by atoms with Crippen molar-refractivity contribution in [2.24, 2.45) is 0 Å². The smallest absolute Gasteiger partial charge is 0.227 e. The number of anilines is 1. The van der Waals surface area contributed by atoms with Gasteiger partial charge in [0.25, 0.3) is 0 Å². The Balaban J connectivity index is 1.60. The van der Waals surface area contributed by atoms with Crippen LogP contribution in [0.1, 0.15) is 17.9 Å². The molecule has 0 saturated heterocycles. The average Bonchev–Trinajstić information content (AvgIpc) is 3.05. The average molecular weight is 376 g/mol. The largest absolute Gasteiger partial charge is 0.339 e. The molecule has 3 aromatic rings. The predicted molar refractivity (Wildman–Crippen MR) is 97.9 cm³/mol. The molecule has 0 aliphatic heterocycles. The minimum atomic E-state index is -0.209. The molecule has 0 bridgehead atoms. The summed E-state index contributed by atoms with van der Waals surface area (Å²) in [6.07, 6.45) is 0.529. The third-order valence-corrected chi connectivity index (χ3v) is 4.08. The van der Waals surface area contributed by atoms with Crippen LogP contribution in [0.4, 0.5) is 5.69 Å². The van der Waals surface area contributed by atoms with Gasteiger partial charge in [0, 0.05) is 23.4 Å². The van der Waals surface area contributed by atoms with Crippen LogP contribution in [0.5, 0.6) is 0 Å². The third-order valence-electron chi connectivity index (χ3n) is 3.51. The Hall–Kier alpha value is -2.37. The minimum absolute atomic E-state index is 0.193. The summed E-state index contributed by atoms with van der Waals surface area (Å²) in [5.74, 6) is 0.709. The topological polar surface area (TPSA) is 68.0 Å². The molecular formula is C18H15Cl2N3O2. The van der Waals surface area contributed by atoms with Crippen LogP contribution in [-0.2, 0) is 11.2 Å². The second-order valence-corrected chi connectivity index (χ2v) is 6.40. The number of nitrogens with zero attached hydrogens (tertiary/aromatic N) is 2. The number of nitrogens with one attached hydrogen (secondary N) is 1. The highest BCUT2D eigenvalue weighted by Crippen LogP contribution is 2.25. The zero-order chi connectivity index (χ0) is 17.8. The number of halogens is 2. The van der Waals surface area contributed by atoms with E-state index in [0.717, 1.165) is 11.1 Å². The van der Waals surface area contributed by atoms with Crippen molar-refractivity contribution >= 4 is 34.8 Å². The van der Waals surface area contributed by atoms with Crippen molar-refractivity contribution < 1.29 is 9.32 Å². The number of amides is 1. The molecule has 7 heteroatoms. The Morgan fingerprint density at radius 2 is 2.04 bits per heavy atom. The SMILES string of the molecule is Cc1cccc(-c2noc(CCC(=O)Nc3cc(Cl)ccc3Cl)n2)c1. The second kappa shape index (κ2) is 7.68. The summed E-state index contributed by atoms with van der Waals surface area (Å²) in [5.41, 5.74) is 2.47. The number of aromatic nitrogens is 2. The zero-order valence-corrected chi connectivity index (χ0v) is 14.9. The molecule has 0 spiro atoms. The number of aryl methyl sites for hydroxylation is 2. The lowest BCUT2D eigenvalue weighted by molar-refractivity contribution is -0.116. The molecule has 1 heterocycles. The van der Waals surface area contributed by atoms with Gasteiger partial charge in [-0.1, -0.05) is 52.1 Å². The molecule has 0 unspecified atom stereocenters. The van der Waals surface area contributed by atoms with Crippen LogP contribution in [0.3, 0.4) is 0 Å². The van der Waals surface area contributed by atoms with E-state index in [0.29, 0.717) is 33.9 Å². The van der Waals surface area contributed by atoms with E-state index < -0.39 is 0 Å². The molecule has 0 saturated carbocycles. The Morgan fingerprint density at radius 3 is 2.84 bits per heavy atom. The summed E-state index contributed by atoms with van der Waals surface area (Å²) in [6, 6.07) is 12.7. The van der Waals surface area contributed by atoms with E-state index in [1.807, 2.05) is 31.2 Å². The zero-order valence-electron chi connectivity index (χ0n) is 13.4. The van der Waals surface area contributed by atoms with Crippen molar-refractivity contribution in [2.45, 2.75) is 19.8 Å². The van der Waals surface area contributed by atoms with Gasteiger partial charge in [-0.25, -0.2) is 0 Å². The van der Waals surface area contributed by atoms with E-state index in [9.17, 15) is 4.79 Å². The molecular weight excluding hydrogens is 361 g/mol. The van der Waals surface area contributed by atoms with Crippen molar-refractivity contribution in [2.75, 3.05) is 5.32 Å². The molecule has 0 radical (unpaired) electrons. The van der Waals surface area contributed by atoms with Gasteiger partial charge in [0.15, 0.2) is 0 Å². The number of carbonyl (C=O) groups is 1. The summed E-state index contributed by atoms with van der Waals surface area (Å²) in [4.78, 5) is 16.4. The van der Waals surface area contributed by atoms with Crippen molar-refractivity contribution in [3.8, 4) is 11.4 Å². The standard InChI is InChI=1S/C18H15Cl2N3O2/c1-11-3-2-4-12(9-11)18-22-17(25-23-18)8-7-16(24)21-15-10-13(19)5-6-14(15)20/h2-6,9-10H,7-8H2,1H3,(H,21,24). The summed E-state index contributed by atoms with van der Waals surface area (Å²) >= 11 is 11.9. The molecule has 5 nitrogen and oxygen atoms in total. The normalized spacial score (nSPS) is 10.7. The van der Waals surface area contributed by atoms with E-state index >= 15 is 0 Å². The lowest BCUT2D eigenvalue weighted by Crippen LogP contribution is -2.12. The van der Waals surface area contributed by atoms with Crippen molar-refractivity contribution in [1.82, 2.24) is 10.1 Å². The maximum absolute atomic E-state index is 12.1. The molecule has 3 rings (SSSR count). The predicted octanol–water partition coefficient (Wildman–Crippen LogP) is 4.92. The molecule has 0 aliphatic rings. The summed E-state index contributed by atoms with van der Waals surface area (Å²) in [7, 11) is 0. The number of hydrogen-bond donors (Lipinski definition) is 1. The number of benzene rings is 2. The van der Waals surface area contributed by atoms with E-state index in [1.54, 1.807) is 18.2 Å². The summed E-state index contributed by atoms with van der Waals surface area (Å²) in [6.45, 7) is 2.00. The van der Waals surface area contributed by atoms with Crippen LogP contribution in [0.2, 0.25) is 10.0 Å². The molecule has 2 aromatic carbocycles. The molecule has 0 fully saturated rings. The van der Waals surface area contributed by atoms with Gasteiger partial charge >= 0.3 is 0 Å². The van der Waals surface area contributed by atoms with Gasteiger partial charge in [-0.3, -0.25) is 4.79 Å². The van der Waals surface area contributed by atoms with Crippen LogP contribution in [0.15, 0.2) is 47.0 Å². The fraction of sp³-hybridized carbons (Fsp3) is 0.167. The highest BCUT2D eigenvalue weighted by molar-refractivity contribution is 6.35. The van der Waals surface area contributed by atoms with E-state index in [2.05, 4.69) is 15.5 Å². The highest BCUT2D eigenvalue weighted by atomic mass is 35.5. The first-order chi connectivity index (χ1) is 12.0. The first-order valence-corrected chi connectivity index (χ1v) is 8.41. The first-order valence-electron chi connectivity index (χ1n) is 7.66. The lowest BCUT2D eigenvalue weighted by atomic mass is 10.1. The van der Waals surface area contributed by atoms with Crippen molar-refractivity contribution in [3.63, 3.8) is 0 Å². The Morgan fingerprint density at radius 1 is 1.20 bits per heavy atom. The first kappa shape index (κ1) is 17.5. The van der Waals surface area contributed by atoms with Crippen molar-refractivity contribution in [3.05, 3.63) is 64.0 Å². The van der Waals surface area contributed by atoms with Crippen LogP contribution in [-0.4, -0.2) is 16.0 Å². The van der Waals surface area contributed by atoms with E-state index in [-0.39, 0.29) is 12.3 Å². The van der Waals surface area contributed by atoms with Gasteiger partial charge in [0.2, 0.25) is 17.6 Å². The number of rotatable bonds is 5. The highest BCUT2D eigenvalue weighted by Gasteiger charge is 2.12. The maximum atomic E-state index is 12.1. The second-order valence-electron chi connectivity index (χ2n) is 5.55. The molecule has 1 amide bonds. The maximum Gasteiger partial charge on any atom is 0.227 e. The lowest BCUT2D eigenvalue weighted by Gasteiger charge is -2.06. The van der Waals surface area contributed by atoms with Gasteiger partial charge in [0.05, 0.1) is 10.7 Å². The van der Waals surface area contributed by atoms with Crippen LogP contribution in [0, 0.1) is 6.92 Å². The monoisotopic (exact) mass is 375 g/mol. The third kappa shape index (κ3) is 4.59. The van der Waals surface area contributed by atoms with Crippen LogP contribution < -0.4 is 5.32 Å². The fourth-order valence-corrected chi connectivity index (χ4v) is 2.62. The van der Waals surface area contributed by atoms with Crippen LogP contribution in [0.25, 0.3) is 11.4 Å². The summed E-state index contributed by atoms with van der Waals surface area (Å²) in [5, 5.41) is 7.61. The molecule has 0 aliphatic carbocycles. The van der Waals surface area contributed by atoms with Gasteiger partial charge in [-0.15, -0.1) is 0 Å². The molecule has 1 aromatic heterocycles. The molecule has 1 N–H and O–H groups in total. The van der Waals surface area contributed by atoms with Gasteiger partial charge in [-0.05, 0) is 31.2 Å². The van der Waals surface area contributed by atoms with Gasteiger partial charge < -0.3 is 9.84 Å². The minimum Gasteiger partial charge on any atom is -0.339 e. The summed E-state index contributed by atoms with van der Waals surface area (Å²) < 4.78 is 5.21. The van der Waals surface area contributed by atoms with Crippen LogP contribution >= 0.6 is 23.2 Å². The molecule has 0 atom stereocenters. The quantitative estimate of drug-likeness (QED) is 0.686. The number of hydrogen-bond acceptors (Lipinski definition) is 4. The van der Waals surface area contributed by atoms with Crippen molar-refractivity contribution in [1.29, 1.82) is 0 Å². The number of carbonyl (C=O) groups excluding carboxylic acids is 1. The van der Waals surface area contributed by atoms with Gasteiger partial charge in [0.1, 0.15) is 0 Å². The fourth-order valence-electron chi connectivity index (χ4n) is 2.28. The Kier molecular flexibility index (Phi) is 5.36. The molecule has 128 valence electrons. The van der Waals surface area contributed by atoms with E-state index in [1.165, 1.54) is 0 Å². The Labute approximate surface area is 155 Å². The molecule has 25 heavy (non-hydrogen) atoms.